The maximum atomic E-state index is 12.5. The number of ether oxygens (including phenoxy) is 1. The topological polar surface area (TPSA) is 77.2 Å². The number of benzene rings is 2. The Labute approximate surface area is 139 Å². The zero-order valence-corrected chi connectivity index (χ0v) is 13.4. The Morgan fingerprint density at radius 1 is 1.21 bits per heavy atom. The van der Waals surface area contributed by atoms with E-state index in [-0.39, 0.29) is 5.91 Å². The molecule has 3 rings (SSSR count). The number of aromatic nitrogens is 2. The predicted octanol–water partition coefficient (Wildman–Crippen LogP) is 3.56. The van der Waals surface area contributed by atoms with E-state index in [1.807, 2.05) is 25.1 Å². The minimum atomic E-state index is -0.239. The average molecular weight is 323 g/mol. The molecule has 1 amide bonds. The highest BCUT2D eigenvalue weighted by molar-refractivity contribution is 6.06. The molecule has 0 radical (unpaired) electrons. The highest BCUT2D eigenvalue weighted by Gasteiger charge is 2.15. The third-order valence-corrected chi connectivity index (χ3v) is 3.52. The monoisotopic (exact) mass is 323 g/mol. The van der Waals surface area contributed by atoms with E-state index in [2.05, 4.69) is 15.5 Å². The first-order valence-electron chi connectivity index (χ1n) is 7.58. The van der Waals surface area contributed by atoms with Crippen LogP contribution in [0.25, 0.3) is 11.5 Å². The van der Waals surface area contributed by atoms with Gasteiger partial charge in [0.05, 0.1) is 18.4 Å². The molecule has 0 unspecified atom stereocenters. The zero-order chi connectivity index (χ0) is 16.9. The van der Waals surface area contributed by atoms with Crippen LogP contribution in [-0.2, 0) is 6.42 Å². The summed E-state index contributed by atoms with van der Waals surface area (Å²) in [5, 5.41) is 6.78. The van der Waals surface area contributed by atoms with Gasteiger partial charge in [-0.2, -0.15) is 4.98 Å². The number of carbonyl (C=O) groups is 1. The van der Waals surface area contributed by atoms with Crippen molar-refractivity contribution in [2.24, 2.45) is 0 Å². The normalized spacial score (nSPS) is 10.4. The van der Waals surface area contributed by atoms with Gasteiger partial charge < -0.3 is 14.6 Å². The average Bonchev–Trinajstić information content (AvgIpc) is 3.11. The van der Waals surface area contributed by atoms with Crippen LogP contribution in [0.4, 0.5) is 5.69 Å². The van der Waals surface area contributed by atoms with Gasteiger partial charge in [-0.15, -0.1) is 0 Å². The Balaban J connectivity index is 1.88. The van der Waals surface area contributed by atoms with Crippen molar-refractivity contribution in [1.29, 1.82) is 0 Å². The summed E-state index contributed by atoms with van der Waals surface area (Å²) in [4.78, 5) is 16.8. The quantitative estimate of drug-likeness (QED) is 0.777. The Morgan fingerprint density at radius 3 is 2.79 bits per heavy atom. The first-order valence-corrected chi connectivity index (χ1v) is 7.58. The molecule has 0 saturated heterocycles. The molecule has 0 bridgehead atoms. The van der Waals surface area contributed by atoms with Gasteiger partial charge in [-0.1, -0.05) is 30.3 Å². The van der Waals surface area contributed by atoms with Gasteiger partial charge in [0.15, 0.2) is 5.82 Å². The smallest absolute Gasteiger partial charge is 0.260 e. The molecular formula is C18H17N3O3. The summed E-state index contributed by atoms with van der Waals surface area (Å²) in [5.41, 5.74) is 1.79. The zero-order valence-electron chi connectivity index (χ0n) is 13.4. The Bertz CT molecular complexity index is 858. The maximum Gasteiger partial charge on any atom is 0.260 e. The van der Waals surface area contributed by atoms with Crippen molar-refractivity contribution >= 4 is 11.6 Å². The van der Waals surface area contributed by atoms with Crippen LogP contribution in [0.5, 0.6) is 5.75 Å². The van der Waals surface area contributed by atoms with Crippen molar-refractivity contribution in [1.82, 2.24) is 10.1 Å². The highest BCUT2D eigenvalue weighted by Crippen LogP contribution is 2.27. The summed E-state index contributed by atoms with van der Waals surface area (Å²) in [6.45, 7) is 1.95. The van der Waals surface area contributed by atoms with E-state index in [1.54, 1.807) is 37.4 Å². The summed E-state index contributed by atoms with van der Waals surface area (Å²) in [6, 6.07) is 14.3. The Morgan fingerprint density at radius 2 is 2.04 bits per heavy atom. The van der Waals surface area contributed by atoms with Crippen LogP contribution in [-0.4, -0.2) is 23.2 Å². The van der Waals surface area contributed by atoms with E-state index in [9.17, 15) is 4.79 Å². The van der Waals surface area contributed by atoms with E-state index in [0.717, 1.165) is 0 Å². The van der Waals surface area contributed by atoms with Crippen molar-refractivity contribution in [2.45, 2.75) is 13.3 Å². The van der Waals surface area contributed by atoms with Gasteiger partial charge in [-0.05, 0) is 30.3 Å². The summed E-state index contributed by atoms with van der Waals surface area (Å²) in [7, 11) is 1.56. The molecule has 122 valence electrons. The van der Waals surface area contributed by atoms with Crippen LogP contribution in [0.15, 0.2) is 53.1 Å². The van der Waals surface area contributed by atoms with E-state index < -0.39 is 0 Å². The third kappa shape index (κ3) is 3.27. The number of aryl methyl sites for hydroxylation is 1. The number of nitrogens with zero attached hydrogens (tertiary/aromatic N) is 2. The van der Waals surface area contributed by atoms with E-state index in [0.29, 0.717) is 40.7 Å². The standard InChI is InChI=1S/C18H17N3O3/c1-3-16-20-18(24-21-16)14-9-4-5-10-15(14)19-17(22)12-7-6-8-13(11-12)23-2/h4-11H,3H2,1-2H3,(H,19,22). The van der Waals surface area contributed by atoms with Gasteiger partial charge in [0.2, 0.25) is 0 Å². The number of methoxy groups -OCH3 is 1. The van der Waals surface area contributed by atoms with Crippen LogP contribution >= 0.6 is 0 Å². The van der Waals surface area contributed by atoms with Crippen LogP contribution in [0.3, 0.4) is 0 Å². The fourth-order valence-corrected chi connectivity index (χ4v) is 2.24. The van der Waals surface area contributed by atoms with Crippen molar-refractivity contribution in [2.75, 3.05) is 12.4 Å². The minimum Gasteiger partial charge on any atom is -0.497 e. The van der Waals surface area contributed by atoms with E-state index in [4.69, 9.17) is 9.26 Å². The maximum absolute atomic E-state index is 12.5. The first-order chi connectivity index (χ1) is 11.7. The largest absolute Gasteiger partial charge is 0.497 e. The minimum absolute atomic E-state index is 0.239. The van der Waals surface area contributed by atoms with Crippen LogP contribution in [0.2, 0.25) is 0 Å². The number of carbonyl (C=O) groups excluding carboxylic acids is 1. The van der Waals surface area contributed by atoms with E-state index in [1.165, 1.54) is 0 Å². The molecule has 1 N–H and O–H groups in total. The number of hydrogen-bond donors (Lipinski definition) is 1. The van der Waals surface area contributed by atoms with Gasteiger partial charge in [0.25, 0.3) is 11.8 Å². The van der Waals surface area contributed by atoms with Crippen LogP contribution < -0.4 is 10.1 Å². The number of amides is 1. The van der Waals surface area contributed by atoms with Crippen LogP contribution in [0, 0.1) is 0 Å². The molecule has 0 aliphatic heterocycles. The van der Waals surface area contributed by atoms with Crippen LogP contribution in [0.1, 0.15) is 23.1 Å². The Kier molecular flexibility index (Phi) is 4.56. The van der Waals surface area contributed by atoms with E-state index >= 15 is 0 Å². The lowest BCUT2D eigenvalue weighted by Gasteiger charge is -2.09. The molecule has 0 aliphatic rings. The van der Waals surface area contributed by atoms with Gasteiger partial charge in [0.1, 0.15) is 5.75 Å². The molecule has 0 saturated carbocycles. The van der Waals surface area contributed by atoms with Gasteiger partial charge in [-0.3, -0.25) is 4.79 Å². The lowest BCUT2D eigenvalue weighted by atomic mass is 10.1. The number of anilines is 1. The SMILES string of the molecule is CCc1noc(-c2ccccc2NC(=O)c2cccc(OC)c2)n1. The molecular weight excluding hydrogens is 306 g/mol. The summed E-state index contributed by atoms with van der Waals surface area (Å²) < 4.78 is 10.4. The molecule has 24 heavy (non-hydrogen) atoms. The molecule has 0 atom stereocenters. The van der Waals surface area contributed by atoms with Gasteiger partial charge in [0, 0.05) is 12.0 Å². The molecule has 1 aromatic heterocycles. The fraction of sp³-hybridized carbons (Fsp3) is 0.167. The predicted molar refractivity (Wildman–Crippen MR) is 90.1 cm³/mol. The molecule has 1 heterocycles. The third-order valence-electron chi connectivity index (χ3n) is 3.52. The first kappa shape index (κ1) is 15.7. The molecule has 0 spiro atoms. The molecule has 6 heteroatoms. The lowest BCUT2D eigenvalue weighted by Crippen LogP contribution is -2.12. The second-order valence-corrected chi connectivity index (χ2v) is 5.10. The lowest BCUT2D eigenvalue weighted by molar-refractivity contribution is 0.102. The van der Waals surface area contributed by atoms with Gasteiger partial charge in [-0.25, -0.2) is 0 Å². The van der Waals surface area contributed by atoms with Crippen molar-refractivity contribution in [3.05, 3.63) is 59.9 Å². The number of para-hydroxylation sites is 1. The molecule has 2 aromatic carbocycles. The second-order valence-electron chi connectivity index (χ2n) is 5.10. The second kappa shape index (κ2) is 6.95. The number of hydrogen-bond acceptors (Lipinski definition) is 5. The molecule has 3 aromatic rings. The molecule has 0 aliphatic carbocycles. The number of nitrogens with one attached hydrogen (secondary N) is 1. The Hall–Kier alpha value is -3.15. The summed E-state index contributed by atoms with van der Waals surface area (Å²) in [6.07, 6.45) is 0.682. The van der Waals surface area contributed by atoms with Crippen molar-refractivity contribution in [3.63, 3.8) is 0 Å². The fourth-order valence-electron chi connectivity index (χ4n) is 2.24. The summed E-state index contributed by atoms with van der Waals surface area (Å²) in [5.74, 6) is 1.39. The van der Waals surface area contributed by atoms with Gasteiger partial charge >= 0.3 is 0 Å². The van der Waals surface area contributed by atoms with Crippen molar-refractivity contribution in [3.8, 4) is 17.2 Å². The van der Waals surface area contributed by atoms with Crippen molar-refractivity contribution < 1.29 is 14.1 Å². The summed E-state index contributed by atoms with van der Waals surface area (Å²) >= 11 is 0. The molecule has 6 nitrogen and oxygen atoms in total. The highest BCUT2D eigenvalue weighted by atomic mass is 16.5. The molecule has 0 fully saturated rings. The number of rotatable bonds is 5.